The Labute approximate surface area is 164 Å². The fourth-order valence-electron chi connectivity index (χ4n) is 3.57. The highest BCUT2D eigenvalue weighted by Gasteiger charge is 2.18. The van der Waals surface area contributed by atoms with E-state index in [4.69, 9.17) is 22.1 Å². The van der Waals surface area contributed by atoms with Crippen molar-refractivity contribution in [1.29, 1.82) is 0 Å². The zero-order valence-corrected chi connectivity index (χ0v) is 15.8. The zero-order valence-electron chi connectivity index (χ0n) is 15.1. The van der Waals surface area contributed by atoms with E-state index in [-0.39, 0.29) is 5.92 Å². The molecule has 0 saturated carbocycles. The molecule has 1 aromatic heterocycles. The molecule has 0 aliphatic carbocycles. The summed E-state index contributed by atoms with van der Waals surface area (Å²) >= 11 is 6.48. The Bertz CT molecular complexity index is 874. The van der Waals surface area contributed by atoms with E-state index in [0.717, 1.165) is 48.1 Å². The number of anilines is 1. The van der Waals surface area contributed by atoms with Crippen molar-refractivity contribution >= 4 is 17.3 Å². The second-order valence-corrected chi connectivity index (χ2v) is 7.11. The monoisotopic (exact) mass is 382 g/mol. The number of ether oxygens (including phenoxy) is 1. The van der Waals surface area contributed by atoms with Crippen LogP contribution in [0.1, 0.15) is 17.0 Å². The molecular formula is C21H23ClN4O. The standard InChI is InChI=1S/C21H23ClN4O/c22-20-6-5-17(11-21(20)26-7-9-27-10-8-26)19(12-23)16-3-1-15(2-4-16)18-13-24-25-14-18/h1-6,11,13-14,19H,7-10,12,23H2,(H,24,25). The van der Waals surface area contributed by atoms with E-state index in [1.807, 2.05) is 18.5 Å². The van der Waals surface area contributed by atoms with Gasteiger partial charge in [-0.3, -0.25) is 5.10 Å². The number of hydrogen-bond acceptors (Lipinski definition) is 4. The number of H-pyrrole nitrogens is 1. The Morgan fingerprint density at radius 1 is 1.07 bits per heavy atom. The van der Waals surface area contributed by atoms with Gasteiger partial charge in [-0.25, -0.2) is 0 Å². The first kappa shape index (κ1) is 18.0. The Hall–Kier alpha value is -2.34. The molecule has 27 heavy (non-hydrogen) atoms. The van der Waals surface area contributed by atoms with Crippen LogP contribution in [-0.2, 0) is 4.74 Å². The molecule has 3 N–H and O–H groups in total. The Balaban J connectivity index is 1.62. The molecule has 0 amide bonds. The predicted octanol–water partition coefficient (Wildman–Crippen LogP) is 3.66. The highest BCUT2D eigenvalue weighted by molar-refractivity contribution is 6.33. The lowest BCUT2D eigenvalue weighted by molar-refractivity contribution is 0.122. The summed E-state index contributed by atoms with van der Waals surface area (Å²) in [6.07, 6.45) is 3.71. The molecule has 1 unspecified atom stereocenters. The number of halogens is 1. The second kappa shape index (κ2) is 8.13. The van der Waals surface area contributed by atoms with E-state index < -0.39 is 0 Å². The fourth-order valence-corrected chi connectivity index (χ4v) is 3.81. The van der Waals surface area contributed by atoms with Crippen LogP contribution in [-0.4, -0.2) is 43.0 Å². The van der Waals surface area contributed by atoms with Crippen LogP contribution >= 0.6 is 11.6 Å². The number of aromatic amines is 1. The minimum atomic E-state index is 0.125. The summed E-state index contributed by atoms with van der Waals surface area (Å²) in [7, 11) is 0. The first-order chi connectivity index (χ1) is 13.3. The maximum atomic E-state index is 6.48. The van der Waals surface area contributed by atoms with Crippen molar-refractivity contribution in [1.82, 2.24) is 10.2 Å². The molecule has 5 nitrogen and oxygen atoms in total. The molecule has 2 aromatic carbocycles. The van der Waals surface area contributed by atoms with Crippen molar-refractivity contribution in [3.8, 4) is 11.1 Å². The van der Waals surface area contributed by atoms with Gasteiger partial charge in [0.1, 0.15) is 0 Å². The molecule has 0 bridgehead atoms. The van der Waals surface area contributed by atoms with Crippen LogP contribution in [0, 0.1) is 0 Å². The lowest BCUT2D eigenvalue weighted by atomic mass is 9.90. The van der Waals surface area contributed by atoms with Crippen LogP contribution in [0.3, 0.4) is 0 Å². The van der Waals surface area contributed by atoms with Gasteiger partial charge >= 0.3 is 0 Å². The molecule has 3 aromatic rings. The van der Waals surface area contributed by atoms with Gasteiger partial charge in [0.05, 0.1) is 30.1 Å². The first-order valence-corrected chi connectivity index (χ1v) is 9.55. The Morgan fingerprint density at radius 2 is 1.81 bits per heavy atom. The normalized spacial score (nSPS) is 15.7. The van der Waals surface area contributed by atoms with Crippen molar-refractivity contribution < 1.29 is 4.74 Å². The molecule has 6 heteroatoms. The van der Waals surface area contributed by atoms with E-state index in [2.05, 4.69) is 51.5 Å². The maximum absolute atomic E-state index is 6.48. The fraction of sp³-hybridized carbons (Fsp3) is 0.286. The summed E-state index contributed by atoms with van der Waals surface area (Å²) < 4.78 is 5.46. The molecule has 140 valence electrons. The molecule has 1 saturated heterocycles. The van der Waals surface area contributed by atoms with E-state index in [1.54, 1.807) is 0 Å². The van der Waals surface area contributed by atoms with Crippen LogP contribution in [0.2, 0.25) is 5.02 Å². The number of rotatable bonds is 5. The summed E-state index contributed by atoms with van der Waals surface area (Å²) in [6.45, 7) is 3.72. The van der Waals surface area contributed by atoms with Crippen LogP contribution in [0.5, 0.6) is 0 Å². The van der Waals surface area contributed by atoms with E-state index in [1.165, 1.54) is 11.1 Å². The largest absolute Gasteiger partial charge is 0.378 e. The molecule has 1 atom stereocenters. The van der Waals surface area contributed by atoms with Gasteiger partial charge in [0, 0.05) is 37.3 Å². The lowest BCUT2D eigenvalue weighted by Crippen LogP contribution is -2.36. The minimum absolute atomic E-state index is 0.125. The number of nitrogens with two attached hydrogens (primary N) is 1. The number of morpholine rings is 1. The number of benzene rings is 2. The summed E-state index contributed by atoms with van der Waals surface area (Å²) in [5, 5.41) is 7.63. The molecule has 1 aliphatic rings. The van der Waals surface area contributed by atoms with Gasteiger partial charge in [-0.2, -0.15) is 5.10 Å². The van der Waals surface area contributed by atoms with Crippen molar-refractivity contribution in [2.75, 3.05) is 37.7 Å². The molecule has 4 rings (SSSR count). The average Bonchev–Trinajstić information content (AvgIpc) is 3.26. The molecule has 0 radical (unpaired) electrons. The summed E-state index contributed by atoms with van der Waals surface area (Å²) in [6, 6.07) is 14.7. The molecule has 2 heterocycles. The maximum Gasteiger partial charge on any atom is 0.0642 e. The van der Waals surface area contributed by atoms with E-state index in [9.17, 15) is 0 Å². The number of nitrogens with one attached hydrogen (secondary N) is 1. The smallest absolute Gasteiger partial charge is 0.0642 e. The van der Waals surface area contributed by atoms with Crippen LogP contribution in [0.15, 0.2) is 54.9 Å². The van der Waals surface area contributed by atoms with Crippen molar-refractivity contribution in [3.05, 3.63) is 71.0 Å². The second-order valence-electron chi connectivity index (χ2n) is 6.71. The van der Waals surface area contributed by atoms with Gasteiger partial charge in [0.25, 0.3) is 0 Å². The summed E-state index contributed by atoms with van der Waals surface area (Å²) in [5.41, 5.74) is 11.8. The van der Waals surface area contributed by atoms with Crippen molar-refractivity contribution in [2.24, 2.45) is 5.73 Å². The summed E-state index contributed by atoms with van der Waals surface area (Å²) in [4.78, 5) is 2.28. The molecule has 0 spiro atoms. The molecular weight excluding hydrogens is 360 g/mol. The Kier molecular flexibility index (Phi) is 5.43. The van der Waals surface area contributed by atoms with Crippen LogP contribution in [0.25, 0.3) is 11.1 Å². The number of aromatic nitrogens is 2. The van der Waals surface area contributed by atoms with Gasteiger partial charge in [-0.15, -0.1) is 0 Å². The highest BCUT2D eigenvalue weighted by Crippen LogP contribution is 2.33. The lowest BCUT2D eigenvalue weighted by Gasteiger charge is -2.30. The SMILES string of the molecule is NCC(c1ccc(-c2cn[nH]c2)cc1)c1ccc(Cl)c(N2CCOCC2)c1. The van der Waals surface area contributed by atoms with Crippen molar-refractivity contribution in [3.63, 3.8) is 0 Å². The van der Waals surface area contributed by atoms with Crippen LogP contribution < -0.4 is 10.6 Å². The third kappa shape index (κ3) is 3.86. The number of nitrogens with zero attached hydrogens (tertiary/aromatic N) is 2. The predicted molar refractivity (Wildman–Crippen MR) is 109 cm³/mol. The van der Waals surface area contributed by atoms with Gasteiger partial charge < -0.3 is 15.4 Å². The minimum Gasteiger partial charge on any atom is -0.378 e. The summed E-state index contributed by atoms with van der Waals surface area (Å²) in [5.74, 6) is 0.125. The third-order valence-electron chi connectivity index (χ3n) is 5.10. The van der Waals surface area contributed by atoms with Crippen molar-refractivity contribution in [2.45, 2.75) is 5.92 Å². The quantitative estimate of drug-likeness (QED) is 0.706. The third-order valence-corrected chi connectivity index (χ3v) is 5.42. The van der Waals surface area contributed by atoms with Crippen LogP contribution in [0.4, 0.5) is 5.69 Å². The van der Waals surface area contributed by atoms with Gasteiger partial charge in [0.15, 0.2) is 0 Å². The van der Waals surface area contributed by atoms with E-state index in [0.29, 0.717) is 6.54 Å². The first-order valence-electron chi connectivity index (χ1n) is 9.17. The zero-order chi connectivity index (χ0) is 18.6. The van der Waals surface area contributed by atoms with Gasteiger partial charge in [-0.05, 0) is 28.8 Å². The molecule has 1 aliphatic heterocycles. The average molecular weight is 383 g/mol. The van der Waals surface area contributed by atoms with Gasteiger partial charge in [0.2, 0.25) is 0 Å². The Morgan fingerprint density at radius 3 is 2.48 bits per heavy atom. The molecule has 1 fully saturated rings. The van der Waals surface area contributed by atoms with E-state index >= 15 is 0 Å². The highest BCUT2D eigenvalue weighted by atomic mass is 35.5. The van der Waals surface area contributed by atoms with Gasteiger partial charge in [-0.1, -0.05) is 41.9 Å². The topological polar surface area (TPSA) is 67.2 Å². The number of hydrogen-bond donors (Lipinski definition) is 2.